The van der Waals surface area contributed by atoms with Crippen molar-refractivity contribution in [3.8, 4) is 5.75 Å². The van der Waals surface area contributed by atoms with Crippen molar-refractivity contribution < 1.29 is 23.9 Å². The number of amides is 1. The lowest BCUT2D eigenvalue weighted by Gasteiger charge is -2.22. The zero-order chi connectivity index (χ0) is 27.2. The first-order valence-corrected chi connectivity index (χ1v) is 13.9. The first kappa shape index (κ1) is 24.8. The van der Waals surface area contributed by atoms with Gasteiger partial charge in [0.2, 0.25) is 5.91 Å². The van der Waals surface area contributed by atoms with Gasteiger partial charge in [0.05, 0.1) is 35.9 Å². The van der Waals surface area contributed by atoms with Gasteiger partial charge >= 0.3 is 0 Å². The van der Waals surface area contributed by atoms with Crippen LogP contribution < -0.4 is 10.1 Å². The monoisotopic (exact) mass is 534 g/mol. The number of nitrogens with one attached hydrogen (secondary N) is 2. The van der Waals surface area contributed by atoms with Crippen LogP contribution in [0.2, 0.25) is 0 Å². The molecule has 40 heavy (non-hydrogen) atoms. The molecule has 1 saturated carbocycles. The number of aromatic amines is 1. The number of ketones is 2. The maximum Gasteiger partial charge on any atom is 0.229 e. The van der Waals surface area contributed by atoms with Crippen LogP contribution in [0.3, 0.4) is 0 Å². The van der Waals surface area contributed by atoms with Crippen molar-refractivity contribution in [1.29, 1.82) is 0 Å². The van der Waals surface area contributed by atoms with E-state index in [-0.39, 0.29) is 36.1 Å². The Morgan fingerprint density at radius 3 is 2.30 bits per heavy atom. The molecule has 7 nitrogen and oxygen atoms in total. The second-order valence-corrected chi connectivity index (χ2v) is 11.1. The number of rotatable bonds is 8. The van der Waals surface area contributed by atoms with Crippen LogP contribution in [0.4, 0.5) is 5.69 Å². The summed E-state index contributed by atoms with van der Waals surface area (Å²) in [6.07, 6.45) is 3.37. The predicted molar refractivity (Wildman–Crippen MR) is 150 cm³/mol. The summed E-state index contributed by atoms with van der Waals surface area (Å²) in [7, 11) is 0. The molecule has 4 unspecified atom stereocenters. The molecule has 3 aliphatic rings. The highest BCUT2D eigenvalue weighted by Gasteiger charge is 2.64. The number of aromatic nitrogens is 1. The van der Waals surface area contributed by atoms with Gasteiger partial charge in [0.25, 0.3) is 0 Å². The third-order valence-corrected chi connectivity index (χ3v) is 8.77. The van der Waals surface area contributed by atoms with Crippen LogP contribution >= 0.6 is 0 Å². The van der Waals surface area contributed by atoms with Gasteiger partial charge in [-0.1, -0.05) is 48.5 Å². The average Bonchev–Trinajstić information content (AvgIpc) is 3.76. The van der Waals surface area contributed by atoms with E-state index in [1.54, 1.807) is 24.3 Å². The van der Waals surface area contributed by atoms with Crippen molar-refractivity contribution in [3.05, 3.63) is 96.2 Å². The molecular formula is C33H30N2O5. The van der Waals surface area contributed by atoms with E-state index in [4.69, 9.17) is 9.47 Å². The van der Waals surface area contributed by atoms with E-state index in [2.05, 4.69) is 10.3 Å². The molecule has 7 rings (SSSR count). The van der Waals surface area contributed by atoms with Crippen molar-refractivity contribution in [2.24, 2.45) is 23.7 Å². The zero-order valence-electron chi connectivity index (χ0n) is 21.9. The molecule has 2 aliphatic heterocycles. The molecule has 2 N–H and O–H groups in total. The van der Waals surface area contributed by atoms with Crippen molar-refractivity contribution in [2.75, 3.05) is 5.32 Å². The van der Waals surface area contributed by atoms with E-state index < -0.39 is 23.7 Å². The smallest absolute Gasteiger partial charge is 0.229 e. The van der Waals surface area contributed by atoms with Gasteiger partial charge in [-0.3, -0.25) is 14.4 Å². The summed E-state index contributed by atoms with van der Waals surface area (Å²) in [6.45, 7) is 0.444. The Bertz CT molecular complexity index is 1550. The first-order chi connectivity index (χ1) is 19.6. The van der Waals surface area contributed by atoms with E-state index in [1.807, 2.05) is 60.8 Å². The van der Waals surface area contributed by atoms with Crippen LogP contribution in [-0.2, 0) is 32.1 Å². The Kier molecular flexibility index (Phi) is 6.24. The molecule has 2 bridgehead atoms. The lowest BCUT2D eigenvalue weighted by molar-refractivity contribution is -0.138. The number of carbonyl (C=O) groups is 3. The van der Waals surface area contributed by atoms with Crippen LogP contribution in [-0.4, -0.2) is 34.7 Å². The molecule has 0 spiro atoms. The normalized spacial score (nSPS) is 25.8. The largest absolute Gasteiger partial charge is 0.489 e. The Morgan fingerprint density at radius 2 is 1.57 bits per heavy atom. The summed E-state index contributed by atoms with van der Waals surface area (Å²) in [5, 5.41) is 3.97. The van der Waals surface area contributed by atoms with Gasteiger partial charge in [0.1, 0.15) is 12.4 Å². The van der Waals surface area contributed by atoms with Crippen molar-refractivity contribution in [2.45, 2.75) is 38.1 Å². The molecular weight excluding hydrogens is 504 g/mol. The molecule has 5 atom stereocenters. The summed E-state index contributed by atoms with van der Waals surface area (Å²) < 4.78 is 11.8. The zero-order valence-corrected chi connectivity index (χ0v) is 21.9. The SMILES string of the molecule is O=C1C2C3CCC(O3)C2C(=O)C1[C@@H](Cc1c[nH]c2ccccc12)C(=O)Nc1ccc(OCc2ccccc2)cc1. The number of para-hydroxylation sites is 1. The summed E-state index contributed by atoms with van der Waals surface area (Å²) in [4.78, 5) is 44.5. The third-order valence-electron chi connectivity index (χ3n) is 8.77. The van der Waals surface area contributed by atoms with Gasteiger partial charge in [-0.15, -0.1) is 0 Å². The summed E-state index contributed by atoms with van der Waals surface area (Å²) in [6, 6.07) is 24.9. The number of ether oxygens (including phenoxy) is 2. The van der Waals surface area contributed by atoms with Gasteiger partial charge in [0.15, 0.2) is 11.6 Å². The number of anilines is 1. The van der Waals surface area contributed by atoms with Crippen molar-refractivity contribution >= 4 is 34.1 Å². The lowest BCUT2D eigenvalue weighted by atomic mass is 9.81. The molecule has 3 fully saturated rings. The fraction of sp³-hybridized carbons (Fsp3) is 0.303. The van der Waals surface area contributed by atoms with Crippen molar-refractivity contribution in [3.63, 3.8) is 0 Å². The maximum absolute atomic E-state index is 13.9. The Labute approximate surface area is 231 Å². The van der Waals surface area contributed by atoms with Crippen molar-refractivity contribution in [1.82, 2.24) is 4.98 Å². The molecule has 0 radical (unpaired) electrons. The van der Waals surface area contributed by atoms with E-state index in [0.717, 1.165) is 34.9 Å². The quantitative estimate of drug-likeness (QED) is 0.307. The minimum absolute atomic E-state index is 0.133. The minimum atomic E-state index is -0.968. The summed E-state index contributed by atoms with van der Waals surface area (Å²) >= 11 is 0. The molecule has 3 heterocycles. The first-order valence-electron chi connectivity index (χ1n) is 13.9. The summed E-state index contributed by atoms with van der Waals surface area (Å²) in [5.41, 5.74) is 3.52. The molecule has 2 saturated heterocycles. The van der Waals surface area contributed by atoms with Crippen LogP contribution in [0, 0.1) is 23.7 Å². The molecule has 7 heteroatoms. The van der Waals surface area contributed by atoms with Gasteiger partial charge in [-0.05, 0) is 60.7 Å². The highest BCUT2D eigenvalue weighted by molar-refractivity contribution is 6.15. The predicted octanol–water partition coefficient (Wildman–Crippen LogP) is 5.11. The number of carbonyl (C=O) groups excluding carboxylic acids is 3. The number of benzene rings is 3. The molecule has 1 aromatic heterocycles. The summed E-state index contributed by atoms with van der Waals surface area (Å²) in [5.74, 6) is -2.54. The Morgan fingerprint density at radius 1 is 0.900 bits per heavy atom. The average molecular weight is 535 g/mol. The number of H-pyrrole nitrogens is 1. The van der Waals surface area contributed by atoms with Gasteiger partial charge in [-0.2, -0.15) is 0 Å². The molecule has 202 valence electrons. The van der Waals surface area contributed by atoms with Gasteiger partial charge < -0.3 is 19.8 Å². The lowest BCUT2D eigenvalue weighted by Crippen LogP contribution is -2.38. The second-order valence-electron chi connectivity index (χ2n) is 11.1. The van der Waals surface area contributed by atoms with E-state index in [1.165, 1.54) is 0 Å². The highest BCUT2D eigenvalue weighted by atomic mass is 16.5. The van der Waals surface area contributed by atoms with Crippen LogP contribution in [0.25, 0.3) is 10.9 Å². The molecule has 1 amide bonds. The minimum Gasteiger partial charge on any atom is -0.489 e. The number of hydrogen-bond acceptors (Lipinski definition) is 5. The Hall–Kier alpha value is -4.23. The molecule has 1 aliphatic carbocycles. The number of hydrogen-bond donors (Lipinski definition) is 2. The maximum atomic E-state index is 13.9. The van der Waals surface area contributed by atoms with Crippen LogP contribution in [0.15, 0.2) is 85.1 Å². The molecule has 3 aromatic carbocycles. The van der Waals surface area contributed by atoms with Crippen LogP contribution in [0.1, 0.15) is 24.0 Å². The van der Waals surface area contributed by atoms with E-state index >= 15 is 0 Å². The topological polar surface area (TPSA) is 97.5 Å². The second kappa shape index (κ2) is 10.1. The van der Waals surface area contributed by atoms with Gasteiger partial charge in [0, 0.05) is 22.8 Å². The standard InChI is InChI=1S/C33H30N2O5/c36-31-28(32(37)30-27-15-14-26(40-27)29(30)31)24(16-20-17-34-25-9-5-4-8-23(20)25)33(38)35-21-10-12-22(13-11-21)39-18-19-6-2-1-3-7-19/h1-13,17,24,26-30,34H,14-16,18H2,(H,35,38)/t24-,26?,27?,28?,29?,30?/m1/s1. The fourth-order valence-electron chi connectivity index (χ4n) is 6.86. The highest BCUT2D eigenvalue weighted by Crippen LogP contribution is 2.51. The number of Topliss-reactive ketones (excluding diaryl/α,β-unsaturated/α-hetero) is 2. The fourth-order valence-corrected chi connectivity index (χ4v) is 6.86. The van der Waals surface area contributed by atoms with Gasteiger partial charge in [-0.25, -0.2) is 0 Å². The Balaban J connectivity index is 1.13. The van der Waals surface area contributed by atoms with E-state index in [0.29, 0.717) is 18.0 Å². The van der Waals surface area contributed by atoms with E-state index in [9.17, 15) is 14.4 Å². The molecule has 4 aromatic rings. The van der Waals surface area contributed by atoms with Crippen LogP contribution in [0.5, 0.6) is 5.75 Å². The number of fused-ring (bicyclic) bond motifs is 6. The third kappa shape index (κ3) is 4.31.